The van der Waals surface area contributed by atoms with Gasteiger partial charge in [0.2, 0.25) is 0 Å². The highest BCUT2D eigenvalue weighted by molar-refractivity contribution is 7.09. The van der Waals surface area contributed by atoms with E-state index in [1.54, 1.807) is 66.8 Å². The Morgan fingerprint density at radius 2 is 1.59 bits per heavy atom. The minimum absolute atomic E-state index is 0.233. The van der Waals surface area contributed by atoms with Crippen LogP contribution in [0, 0.1) is 0 Å². The van der Waals surface area contributed by atoms with Gasteiger partial charge in [0.25, 0.3) is 5.91 Å². The first-order valence-corrected chi connectivity index (χ1v) is 16.3. The van der Waals surface area contributed by atoms with Gasteiger partial charge in [-0.15, -0.1) is 11.3 Å². The SMILES string of the molecule is CC(C)(C)OC(=O)Nc1cscc1NC(=O)c1ccc(CN(CCCN2CCOCC2)C(=O)Nc2ccc3c(c2)OCCO3)cc1. The number of carbonyl (C=O) groups excluding carboxylic acids is 3. The number of hydrogen-bond acceptors (Lipinski definition) is 9. The maximum atomic E-state index is 13.5. The molecule has 1 saturated heterocycles. The van der Waals surface area contributed by atoms with E-state index < -0.39 is 11.7 Å². The number of ether oxygens (including phenoxy) is 4. The summed E-state index contributed by atoms with van der Waals surface area (Å²) < 4.78 is 22.1. The first kappa shape index (κ1) is 33.0. The Balaban J connectivity index is 1.21. The van der Waals surface area contributed by atoms with E-state index in [0.717, 1.165) is 44.8 Å². The van der Waals surface area contributed by atoms with Crippen molar-refractivity contribution in [2.75, 3.05) is 68.6 Å². The van der Waals surface area contributed by atoms with Crippen molar-refractivity contribution in [3.8, 4) is 11.5 Å². The largest absolute Gasteiger partial charge is 0.486 e. The molecule has 46 heavy (non-hydrogen) atoms. The van der Waals surface area contributed by atoms with E-state index in [-0.39, 0.29) is 11.9 Å². The first-order valence-electron chi connectivity index (χ1n) is 15.4. The fourth-order valence-corrected chi connectivity index (χ4v) is 5.68. The smallest absolute Gasteiger partial charge is 0.412 e. The van der Waals surface area contributed by atoms with Crippen LogP contribution >= 0.6 is 11.3 Å². The molecular weight excluding hydrogens is 610 g/mol. The Kier molecular flexibility index (Phi) is 11.0. The van der Waals surface area contributed by atoms with Crippen molar-refractivity contribution in [3.63, 3.8) is 0 Å². The number of anilines is 3. The zero-order valence-corrected chi connectivity index (χ0v) is 27.2. The van der Waals surface area contributed by atoms with Gasteiger partial charge in [-0.25, -0.2) is 9.59 Å². The number of thiophene rings is 1. The van der Waals surface area contributed by atoms with E-state index in [1.165, 1.54) is 11.3 Å². The van der Waals surface area contributed by atoms with Gasteiger partial charge in [0.15, 0.2) is 11.5 Å². The molecule has 12 nitrogen and oxygen atoms in total. The lowest BCUT2D eigenvalue weighted by atomic mass is 10.1. The normalized spacial score (nSPS) is 14.7. The lowest BCUT2D eigenvalue weighted by Crippen LogP contribution is -2.40. The fraction of sp³-hybridized carbons (Fsp3) is 0.424. The van der Waals surface area contributed by atoms with Crippen LogP contribution in [-0.2, 0) is 16.0 Å². The minimum atomic E-state index is -0.643. The molecular formula is C33H41N5O7S. The summed E-state index contributed by atoms with van der Waals surface area (Å²) in [6.07, 6.45) is 0.202. The second-order valence-electron chi connectivity index (χ2n) is 12.0. The van der Waals surface area contributed by atoms with Gasteiger partial charge in [0.05, 0.1) is 24.6 Å². The molecule has 5 rings (SSSR count). The molecule has 1 aromatic heterocycles. The van der Waals surface area contributed by atoms with Crippen LogP contribution in [0.3, 0.4) is 0 Å². The van der Waals surface area contributed by atoms with Crippen LogP contribution in [0.5, 0.6) is 11.5 Å². The van der Waals surface area contributed by atoms with Crippen molar-refractivity contribution in [2.24, 2.45) is 0 Å². The van der Waals surface area contributed by atoms with Crippen molar-refractivity contribution >= 4 is 46.4 Å². The molecule has 246 valence electrons. The molecule has 3 heterocycles. The number of fused-ring (bicyclic) bond motifs is 1. The van der Waals surface area contributed by atoms with Gasteiger partial charge >= 0.3 is 12.1 Å². The summed E-state index contributed by atoms with van der Waals surface area (Å²) in [5.41, 5.74) is 2.23. The third-order valence-corrected chi connectivity index (χ3v) is 7.97. The van der Waals surface area contributed by atoms with E-state index in [4.69, 9.17) is 18.9 Å². The summed E-state index contributed by atoms with van der Waals surface area (Å²) in [6.45, 7) is 11.3. The molecule has 2 aliphatic heterocycles. The van der Waals surface area contributed by atoms with Gasteiger partial charge in [-0.3, -0.25) is 15.0 Å². The average molecular weight is 652 g/mol. The van der Waals surface area contributed by atoms with Crippen LogP contribution in [0.15, 0.2) is 53.2 Å². The molecule has 0 atom stereocenters. The Morgan fingerprint density at radius 3 is 2.30 bits per heavy atom. The van der Waals surface area contributed by atoms with Gasteiger partial charge in [-0.2, -0.15) is 0 Å². The molecule has 1 fully saturated rings. The third kappa shape index (κ3) is 9.59. The van der Waals surface area contributed by atoms with Gasteiger partial charge < -0.3 is 34.5 Å². The van der Waals surface area contributed by atoms with E-state index in [2.05, 4.69) is 20.9 Å². The molecule has 3 N–H and O–H groups in total. The summed E-state index contributed by atoms with van der Waals surface area (Å²) in [5, 5.41) is 12.0. The Bertz CT molecular complexity index is 1500. The number of hydrogen-bond donors (Lipinski definition) is 3. The second kappa shape index (κ2) is 15.3. The summed E-state index contributed by atoms with van der Waals surface area (Å²) >= 11 is 1.35. The quantitative estimate of drug-likeness (QED) is 0.248. The highest BCUT2D eigenvalue weighted by Crippen LogP contribution is 2.33. The maximum absolute atomic E-state index is 13.5. The van der Waals surface area contributed by atoms with Crippen molar-refractivity contribution in [1.29, 1.82) is 0 Å². The summed E-state index contributed by atoms with van der Waals surface area (Å²) in [5.74, 6) is 0.938. The summed E-state index contributed by atoms with van der Waals surface area (Å²) in [7, 11) is 0. The lowest BCUT2D eigenvalue weighted by Gasteiger charge is -2.28. The second-order valence-corrected chi connectivity index (χ2v) is 12.7. The van der Waals surface area contributed by atoms with E-state index in [0.29, 0.717) is 60.4 Å². The predicted octanol–water partition coefficient (Wildman–Crippen LogP) is 5.88. The van der Waals surface area contributed by atoms with Crippen molar-refractivity contribution in [3.05, 3.63) is 64.4 Å². The van der Waals surface area contributed by atoms with Crippen LogP contribution in [0.4, 0.5) is 26.7 Å². The Hall–Kier alpha value is -4.33. The van der Waals surface area contributed by atoms with Gasteiger partial charge in [-0.05, 0) is 57.0 Å². The number of nitrogens with one attached hydrogen (secondary N) is 3. The number of amides is 4. The molecule has 2 aromatic carbocycles. The minimum Gasteiger partial charge on any atom is -0.486 e. The van der Waals surface area contributed by atoms with E-state index >= 15 is 0 Å². The van der Waals surface area contributed by atoms with Crippen LogP contribution in [0.25, 0.3) is 0 Å². The third-order valence-electron chi connectivity index (χ3n) is 7.22. The van der Waals surface area contributed by atoms with Gasteiger partial charge in [0, 0.05) is 60.8 Å². The number of urea groups is 1. The fourth-order valence-electron chi connectivity index (χ4n) is 4.97. The van der Waals surface area contributed by atoms with Crippen LogP contribution < -0.4 is 25.4 Å². The molecule has 4 amide bonds. The summed E-state index contributed by atoms with van der Waals surface area (Å²) in [6, 6.07) is 12.3. The topological polar surface area (TPSA) is 131 Å². The van der Waals surface area contributed by atoms with Crippen LogP contribution in [0.2, 0.25) is 0 Å². The van der Waals surface area contributed by atoms with Crippen molar-refractivity contribution < 1.29 is 33.3 Å². The van der Waals surface area contributed by atoms with E-state index in [1.807, 2.05) is 12.1 Å². The molecule has 0 saturated carbocycles. The van der Waals surface area contributed by atoms with Crippen LogP contribution in [-0.4, -0.2) is 86.0 Å². The highest BCUT2D eigenvalue weighted by Gasteiger charge is 2.20. The molecule has 0 aliphatic carbocycles. The highest BCUT2D eigenvalue weighted by atomic mass is 32.1. The predicted molar refractivity (Wildman–Crippen MR) is 177 cm³/mol. The zero-order valence-electron chi connectivity index (χ0n) is 26.4. The maximum Gasteiger partial charge on any atom is 0.412 e. The molecule has 0 radical (unpaired) electrons. The van der Waals surface area contributed by atoms with Crippen molar-refractivity contribution in [1.82, 2.24) is 9.80 Å². The van der Waals surface area contributed by atoms with Crippen molar-refractivity contribution in [2.45, 2.75) is 39.3 Å². The first-order chi connectivity index (χ1) is 22.1. The van der Waals surface area contributed by atoms with Gasteiger partial charge in [0.1, 0.15) is 18.8 Å². The molecule has 3 aromatic rings. The Morgan fingerprint density at radius 1 is 0.891 bits per heavy atom. The summed E-state index contributed by atoms with van der Waals surface area (Å²) in [4.78, 5) is 42.9. The number of nitrogens with zero attached hydrogens (tertiary/aromatic N) is 2. The molecule has 2 aliphatic rings. The lowest BCUT2D eigenvalue weighted by molar-refractivity contribution is 0.0365. The average Bonchev–Trinajstić information content (AvgIpc) is 3.46. The molecule has 0 spiro atoms. The zero-order chi connectivity index (χ0) is 32.5. The number of carbonyl (C=O) groups is 3. The molecule has 13 heteroatoms. The number of morpholine rings is 1. The van der Waals surface area contributed by atoms with Gasteiger partial charge in [-0.1, -0.05) is 12.1 Å². The number of benzene rings is 2. The number of rotatable bonds is 10. The Labute approximate surface area is 272 Å². The molecule has 0 bridgehead atoms. The molecule has 0 unspecified atom stereocenters. The standard InChI is InChI=1S/C33H41N5O7S/c1-33(2,3)45-32(41)36-27-22-46-21-26(27)35-30(39)24-7-5-23(6-8-24)20-38(12-4-11-37-13-15-42-16-14-37)31(40)34-25-9-10-28-29(19-25)44-18-17-43-28/h5-10,19,21-22H,4,11-18,20H2,1-3H3,(H,34,40)(H,35,39)(H,36,41). The van der Waals surface area contributed by atoms with E-state index in [9.17, 15) is 14.4 Å². The van der Waals surface area contributed by atoms with Crippen LogP contribution in [0.1, 0.15) is 43.1 Å². The monoisotopic (exact) mass is 651 g/mol.